The fourth-order valence-corrected chi connectivity index (χ4v) is 1.79. The second-order valence-corrected chi connectivity index (χ2v) is 4.19. The van der Waals surface area contributed by atoms with Crippen molar-refractivity contribution in [2.75, 3.05) is 20.0 Å². The molecule has 0 aliphatic rings. The van der Waals surface area contributed by atoms with Crippen LogP contribution in [0.5, 0.6) is 11.5 Å². The van der Waals surface area contributed by atoms with Crippen molar-refractivity contribution in [2.24, 2.45) is 0 Å². The molecule has 1 aromatic carbocycles. The first-order chi connectivity index (χ1) is 10.2. The molecule has 0 spiro atoms. The summed E-state index contributed by atoms with van der Waals surface area (Å²) < 4.78 is 15.6. The van der Waals surface area contributed by atoms with Crippen LogP contribution in [0.15, 0.2) is 36.5 Å². The van der Waals surface area contributed by atoms with Crippen LogP contribution in [-0.4, -0.2) is 25.2 Å². The van der Waals surface area contributed by atoms with Gasteiger partial charge in [-0.3, -0.25) is 4.98 Å². The molecule has 0 aliphatic carbocycles. The van der Waals surface area contributed by atoms with E-state index in [0.29, 0.717) is 28.4 Å². The van der Waals surface area contributed by atoms with Crippen LogP contribution in [0.2, 0.25) is 0 Å². The topological polar surface area (TPSA) is 83.7 Å². The lowest BCUT2D eigenvalue weighted by Crippen LogP contribution is -2.07. The van der Waals surface area contributed by atoms with Crippen molar-refractivity contribution in [3.8, 4) is 11.5 Å². The number of ether oxygens (including phenoxy) is 3. The van der Waals surface area contributed by atoms with Gasteiger partial charge in [-0.05, 0) is 24.3 Å². The molecule has 0 aliphatic heterocycles. The highest BCUT2D eigenvalue weighted by Crippen LogP contribution is 2.29. The molecule has 0 saturated carbocycles. The van der Waals surface area contributed by atoms with Crippen molar-refractivity contribution in [3.63, 3.8) is 0 Å². The predicted octanol–water partition coefficient (Wildman–Crippen LogP) is 2.04. The van der Waals surface area contributed by atoms with E-state index in [1.165, 1.54) is 14.2 Å². The maximum absolute atomic E-state index is 11.9. The number of nitrogens with two attached hydrogens (primary N) is 1. The van der Waals surface area contributed by atoms with Crippen molar-refractivity contribution >= 4 is 11.7 Å². The molecule has 0 radical (unpaired) electrons. The summed E-state index contributed by atoms with van der Waals surface area (Å²) in [5.41, 5.74) is 7.06. The van der Waals surface area contributed by atoms with Gasteiger partial charge in [-0.25, -0.2) is 4.79 Å². The van der Waals surface area contributed by atoms with E-state index in [9.17, 15) is 4.79 Å². The molecule has 21 heavy (non-hydrogen) atoms. The van der Waals surface area contributed by atoms with Crippen molar-refractivity contribution in [1.82, 2.24) is 4.98 Å². The van der Waals surface area contributed by atoms with Gasteiger partial charge < -0.3 is 19.9 Å². The maximum atomic E-state index is 11.9. The molecule has 0 fully saturated rings. The number of anilines is 1. The molecule has 0 saturated heterocycles. The van der Waals surface area contributed by atoms with Gasteiger partial charge in [-0.2, -0.15) is 0 Å². The Kier molecular flexibility index (Phi) is 4.61. The molecule has 2 N–H and O–H groups in total. The minimum atomic E-state index is -0.457. The van der Waals surface area contributed by atoms with Crippen molar-refractivity contribution < 1.29 is 19.0 Å². The Hall–Kier alpha value is -2.76. The van der Waals surface area contributed by atoms with Gasteiger partial charge in [0.25, 0.3) is 0 Å². The summed E-state index contributed by atoms with van der Waals surface area (Å²) in [6, 6.07) is 8.16. The Labute approximate surface area is 122 Å². The molecule has 0 unspecified atom stereocenters. The van der Waals surface area contributed by atoms with Crippen LogP contribution >= 0.6 is 0 Å². The van der Waals surface area contributed by atoms with Gasteiger partial charge in [0.1, 0.15) is 12.3 Å². The molecule has 2 rings (SSSR count). The van der Waals surface area contributed by atoms with E-state index in [0.717, 1.165) is 0 Å². The zero-order chi connectivity index (χ0) is 15.2. The van der Waals surface area contributed by atoms with E-state index in [-0.39, 0.29) is 6.61 Å². The monoisotopic (exact) mass is 288 g/mol. The largest absolute Gasteiger partial charge is 0.493 e. The van der Waals surface area contributed by atoms with Crippen LogP contribution in [0.25, 0.3) is 0 Å². The van der Waals surface area contributed by atoms with Crippen LogP contribution in [0.3, 0.4) is 0 Å². The van der Waals surface area contributed by atoms with Crippen molar-refractivity contribution in [1.29, 1.82) is 0 Å². The minimum absolute atomic E-state index is 0.0103. The number of pyridine rings is 1. The summed E-state index contributed by atoms with van der Waals surface area (Å²) in [7, 11) is 3.03. The Bertz CT molecular complexity index is 626. The summed E-state index contributed by atoms with van der Waals surface area (Å²) in [4.78, 5) is 16.1. The van der Waals surface area contributed by atoms with Gasteiger partial charge in [-0.1, -0.05) is 0 Å². The Morgan fingerprint density at radius 2 is 1.86 bits per heavy atom. The third kappa shape index (κ3) is 3.42. The van der Waals surface area contributed by atoms with Crippen LogP contribution in [0, 0.1) is 0 Å². The van der Waals surface area contributed by atoms with Crippen LogP contribution < -0.4 is 15.2 Å². The van der Waals surface area contributed by atoms with E-state index in [4.69, 9.17) is 19.9 Å². The third-order valence-corrected chi connectivity index (χ3v) is 2.85. The molecule has 6 nitrogen and oxygen atoms in total. The number of hydrogen-bond donors (Lipinski definition) is 1. The van der Waals surface area contributed by atoms with Gasteiger partial charge in [0.15, 0.2) is 11.5 Å². The van der Waals surface area contributed by atoms with E-state index < -0.39 is 5.97 Å². The van der Waals surface area contributed by atoms with E-state index in [2.05, 4.69) is 4.98 Å². The van der Waals surface area contributed by atoms with E-state index in [1.54, 1.807) is 36.5 Å². The zero-order valence-electron chi connectivity index (χ0n) is 11.8. The molecule has 110 valence electrons. The van der Waals surface area contributed by atoms with Crippen LogP contribution in [0.4, 0.5) is 5.69 Å². The molecule has 1 aromatic heterocycles. The highest BCUT2D eigenvalue weighted by molar-refractivity contribution is 5.89. The molecular weight excluding hydrogens is 272 g/mol. The summed E-state index contributed by atoms with van der Waals surface area (Å²) in [6.07, 6.45) is 1.56. The fourth-order valence-electron chi connectivity index (χ4n) is 1.79. The van der Waals surface area contributed by atoms with Crippen molar-refractivity contribution in [3.05, 3.63) is 47.8 Å². The number of hydrogen-bond acceptors (Lipinski definition) is 6. The highest BCUT2D eigenvalue weighted by Gasteiger charge is 2.14. The lowest BCUT2D eigenvalue weighted by molar-refractivity contribution is 0.0464. The highest BCUT2D eigenvalue weighted by atomic mass is 16.5. The first-order valence-electron chi connectivity index (χ1n) is 6.24. The lowest BCUT2D eigenvalue weighted by atomic mass is 10.2. The SMILES string of the molecule is COc1ccnc(COC(=O)c2ccc(N)cc2)c1OC. The number of nitrogen functional groups attached to an aromatic ring is 1. The Morgan fingerprint density at radius 3 is 2.48 bits per heavy atom. The van der Waals surface area contributed by atoms with Gasteiger partial charge in [-0.15, -0.1) is 0 Å². The molecule has 0 amide bonds. The zero-order valence-corrected chi connectivity index (χ0v) is 11.8. The normalized spacial score (nSPS) is 10.0. The number of nitrogens with zero attached hydrogens (tertiary/aromatic N) is 1. The summed E-state index contributed by atoms with van der Waals surface area (Å²) >= 11 is 0. The number of aromatic nitrogens is 1. The Balaban J connectivity index is 2.09. The van der Waals surface area contributed by atoms with Gasteiger partial charge >= 0.3 is 5.97 Å². The third-order valence-electron chi connectivity index (χ3n) is 2.85. The number of esters is 1. The van der Waals surface area contributed by atoms with E-state index in [1.807, 2.05) is 0 Å². The van der Waals surface area contributed by atoms with Crippen LogP contribution in [-0.2, 0) is 11.3 Å². The average molecular weight is 288 g/mol. The number of benzene rings is 1. The quantitative estimate of drug-likeness (QED) is 0.669. The summed E-state index contributed by atoms with van der Waals surface area (Å²) in [5.74, 6) is 0.526. The molecule has 0 atom stereocenters. The lowest BCUT2D eigenvalue weighted by Gasteiger charge is -2.11. The van der Waals surface area contributed by atoms with Crippen LogP contribution in [0.1, 0.15) is 16.1 Å². The average Bonchev–Trinajstić information content (AvgIpc) is 2.52. The molecule has 0 bridgehead atoms. The minimum Gasteiger partial charge on any atom is -0.493 e. The molecular formula is C15H16N2O4. The van der Waals surface area contributed by atoms with E-state index >= 15 is 0 Å². The van der Waals surface area contributed by atoms with Gasteiger partial charge in [0, 0.05) is 18.0 Å². The number of methoxy groups -OCH3 is 2. The standard InChI is InChI=1S/C15H16N2O4/c1-19-13-7-8-17-12(14(13)20-2)9-21-15(18)10-3-5-11(16)6-4-10/h3-8H,9,16H2,1-2H3. The maximum Gasteiger partial charge on any atom is 0.338 e. The Morgan fingerprint density at radius 1 is 1.14 bits per heavy atom. The smallest absolute Gasteiger partial charge is 0.338 e. The summed E-state index contributed by atoms with van der Waals surface area (Å²) in [5, 5.41) is 0. The summed E-state index contributed by atoms with van der Waals surface area (Å²) in [6.45, 7) is -0.0103. The number of rotatable bonds is 5. The van der Waals surface area contributed by atoms with Gasteiger partial charge in [0.05, 0.1) is 19.8 Å². The number of carbonyl (C=O) groups excluding carboxylic acids is 1. The molecule has 6 heteroatoms. The van der Waals surface area contributed by atoms with Gasteiger partial charge in [0.2, 0.25) is 0 Å². The fraction of sp³-hybridized carbons (Fsp3) is 0.200. The first-order valence-corrected chi connectivity index (χ1v) is 6.24. The van der Waals surface area contributed by atoms with Crippen molar-refractivity contribution in [2.45, 2.75) is 6.61 Å². The molecule has 2 aromatic rings. The second-order valence-electron chi connectivity index (χ2n) is 4.19. The number of carbonyl (C=O) groups is 1. The molecule has 1 heterocycles. The second kappa shape index (κ2) is 6.60. The predicted molar refractivity (Wildman–Crippen MR) is 77.3 cm³/mol. The first kappa shape index (κ1) is 14.6.